The van der Waals surface area contributed by atoms with Crippen LogP contribution in [0.15, 0.2) is 30.3 Å². The van der Waals surface area contributed by atoms with Gasteiger partial charge in [0, 0.05) is 28.4 Å². The summed E-state index contributed by atoms with van der Waals surface area (Å²) in [6.07, 6.45) is 3.70. The van der Waals surface area contributed by atoms with E-state index in [-0.39, 0.29) is 0 Å². The number of hydrogen-bond acceptors (Lipinski definition) is 0. The first-order chi connectivity index (χ1) is 10.2. The molecule has 2 aromatic carbocycles. The number of aromatic nitrogens is 1. The minimum Gasteiger partial charge on any atom is -0.341 e. The molecule has 110 valence electrons. The number of benzene rings is 2. The van der Waals surface area contributed by atoms with Crippen LogP contribution in [0.2, 0.25) is 0 Å². The van der Waals surface area contributed by atoms with Gasteiger partial charge in [0.2, 0.25) is 0 Å². The molecular weight excluding hydrogens is 254 g/mol. The maximum atomic E-state index is 2.47. The molecule has 1 heteroatoms. The Hall–Kier alpha value is -1.76. The van der Waals surface area contributed by atoms with E-state index in [9.17, 15) is 0 Å². The number of aryl methyl sites for hydroxylation is 4. The smallest absolute Gasteiger partial charge is 0.0496 e. The topological polar surface area (TPSA) is 4.93 Å². The number of rotatable bonds is 4. The standard InChI is InChI=1S/C20H25N/c1-5-7-10-16-12-14(3)13-18-20(16)19-15(4)9-8-11-17(19)21(18)6-2/h8-9,11-13H,5-7,10H2,1-4H3. The van der Waals surface area contributed by atoms with E-state index in [0.717, 1.165) is 6.54 Å². The highest BCUT2D eigenvalue weighted by Gasteiger charge is 2.15. The summed E-state index contributed by atoms with van der Waals surface area (Å²) in [6.45, 7) is 10.0. The summed E-state index contributed by atoms with van der Waals surface area (Å²) in [7, 11) is 0. The van der Waals surface area contributed by atoms with Crippen LogP contribution in [-0.2, 0) is 13.0 Å². The third-order valence-corrected chi connectivity index (χ3v) is 4.54. The molecule has 0 aliphatic heterocycles. The minimum atomic E-state index is 1.03. The molecule has 1 aromatic heterocycles. The van der Waals surface area contributed by atoms with Crippen molar-refractivity contribution in [3.05, 3.63) is 47.0 Å². The molecule has 1 nitrogen and oxygen atoms in total. The van der Waals surface area contributed by atoms with Gasteiger partial charge in [-0.15, -0.1) is 0 Å². The molecule has 0 atom stereocenters. The molecule has 0 unspecified atom stereocenters. The van der Waals surface area contributed by atoms with Crippen LogP contribution in [0.4, 0.5) is 0 Å². The summed E-state index contributed by atoms with van der Waals surface area (Å²) in [6, 6.07) is 11.4. The lowest BCUT2D eigenvalue weighted by Crippen LogP contribution is -1.94. The number of hydrogen-bond donors (Lipinski definition) is 0. The second kappa shape index (κ2) is 5.55. The molecule has 0 N–H and O–H groups in total. The quantitative estimate of drug-likeness (QED) is 0.571. The maximum Gasteiger partial charge on any atom is 0.0496 e. The van der Waals surface area contributed by atoms with Crippen molar-refractivity contribution < 1.29 is 0 Å². The Morgan fingerprint density at radius 3 is 2.48 bits per heavy atom. The van der Waals surface area contributed by atoms with Gasteiger partial charge in [0.1, 0.15) is 0 Å². The monoisotopic (exact) mass is 279 g/mol. The summed E-state index contributed by atoms with van der Waals surface area (Å²) < 4.78 is 2.47. The average Bonchev–Trinajstić information content (AvgIpc) is 2.79. The fourth-order valence-corrected chi connectivity index (χ4v) is 3.58. The number of nitrogens with zero attached hydrogens (tertiary/aromatic N) is 1. The van der Waals surface area contributed by atoms with Crippen LogP contribution >= 0.6 is 0 Å². The van der Waals surface area contributed by atoms with E-state index in [1.165, 1.54) is 57.8 Å². The van der Waals surface area contributed by atoms with Crippen molar-refractivity contribution in [2.24, 2.45) is 0 Å². The summed E-state index contributed by atoms with van der Waals surface area (Å²) >= 11 is 0. The Morgan fingerprint density at radius 1 is 0.952 bits per heavy atom. The molecule has 0 spiro atoms. The molecule has 0 saturated carbocycles. The van der Waals surface area contributed by atoms with Crippen LogP contribution in [0.3, 0.4) is 0 Å². The van der Waals surface area contributed by atoms with E-state index < -0.39 is 0 Å². The third kappa shape index (κ3) is 2.25. The minimum absolute atomic E-state index is 1.03. The Balaban J connectivity index is 2.45. The molecule has 0 saturated heterocycles. The van der Waals surface area contributed by atoms with Crippen molar-refractivity contribution in [1.29, 1.82) is 0 Å². The van der Waals surface area contributed by atoms with E-state index in [2.05, 4.69) is 62.6 Å². The molecule has 21 heavy (non-hydrogen) atoms. The molecule has 3 aromatic rings. The lowest BCUT2D eigenvalue weighted by molar-refractivity contribution is 0.797. The lowest BCUT2D eigenvalue weighted by Gasteiger charge is -2.08. The van der Waals surface area contributed by atoms with Crippen LogP contribution in [0.25, 0.3) is 21.8 Å². The van der Waals surface area contributed by atoms with Crippen molar-refractivity contribution in [1.82, 2.24) is 4.57 Å². The first-order valence-corrected chi connectivity index (χ1v) is 8.18. The Morgan fingerprint density at radius 2 is 1.76 bits per heavy atom. The maximum absolute atomic E-state index is 2.47. The molecule has 0 bridgehead atoms. The zero-order chi connectivity index (χ0) is 15.0. The molecule has 0 amide bonds. The van der Waals surface area contributed by atoms with Gasteiger partial charge in [-0.25, -0.2) is 0 Å². The predicted molar refractivity (Wildman–Crippen MR) is 93.2 cm³/mol. The average molecular weight is 279 g/mol. The highest BCUT2D eigenvalue weighted by atomic mass is 15.0. The van der Waals surface area contributed by atoms with Crippen LogP contribution < -0.4 is 0 Å². The van der Waals surface area contributed by atoms with E-state index in [4.69, 9.17) is 0 Å². The first-order valence-electron chi connectivity index (χ1n) is 8.18. The summed E-state index contributed by atoms with van der Waals surface area (Å²) in [5.74, 6) is 0. The van der Waals surface area contributed by atoms with Gasteiger partial charge < -0.3 is 4.57 Å². The van der Waals surface area contributed by atoms with Crippen LogP contribution in [0, 0.1) is 13.8 Å². The van der Waals surface area contributed by atoms with Crippen molar-refractivity contribution in [2.75, 3.05) is 0 Å². The number of unbranched alkanes of at least 4 members (excludes halogenated alkanes) is 1. The SMILES string of the molecule is CCCCc1cc(C)cc2c1c1c(C)cccc1n2CC. The number of fused-ring (bicyclic) bond motifs is 3. The van der Waals surface area contributed by atoms with Crippen LogP contribution in [0.5, 0.6) is 0 Å². The molecule has 0 fully saturated rings. The molecule has 0 aliphatic carbocycles. The van der Waals surface area contributed by atoms with Gasteiger partial charge in [-0.3, -0.25) is 0 Å². The van der Waals surface area contributed by atoms with Gasteiger partial charge >= 0.3 is 0 Å². The van der Waals surface area contributed by atoms with Gasteiger partial charge in [0.15, 0.2) is 0 Å². The van der Waals surface area contributed by atoms with E-state index in [1.807, 2.05) is 0 Å². The summed E-state index contributed by atoms with van der Waals surface area (Å²) in [5, 5.41) is 2.95. The highest BCUT2D eigenvalue weighted by molar-refractivity contribution is 6.11. The molecular formula is C20H25N. The third-order valence-electron chi connectivity index (χ3n) is 4.54. The predicted octanol–water partition coefficient (Wildman–Crippen LogP) is 5.77. The fourth-order valence-electron chi connectivity index (χ4n) is 3.58. The van der Waals surface area contributed by atoms with Gasteiger partial charge in [0.05, 0.1) is 0 Å². The summed E-state index contributed by atoms with van der Waals surface area (Å²) in [5.41, 5.74) is 7.09. The Labute approximate surface area is 127 Å². The van der Waals surface area contributed by atoms with Gasteiger partial charge in [0.25, 0.3) is 0 Å². The second-order valence-corrected chi connectivity index (χ2v) is 6.14. The van der Waals surface area contributed by atoms with Gasteiger partial charge in [-0.2, -0.15) is 0 Å². The zero-order valence-corrected chi connectivity index (χ0v) is 13.7. The fraction of sp³-hybridized carbons (Fsp3) is 0.400. The second-order valence-electron chi connectivity index (χ2n) is 6.14. The Bertz CT molecular complexity index is 793. The van der Waals surface area contributed by atoms with Crippen LogP contribution in [-0.4, -0.2) is 4.57 Å². The summed E-state index contributed by atoms with van der Waals surface area (Å²) in [4.78, 5) is 0. The van der Waals surface area contributed by atoms with Crippen molar-refractivity contribution in [3.63, 3.8) is 0 Å². The van der Waals surface area contributed by atoms with Gasteiger partial charge in [-0.05, 0) is 62.4 Å². The van der Waals surface area contributed by atoms with E-state index >= 15 is 0 Å². The molecule has 0 aliphatic rings. The van der Waals surface area contributed by atoms with Crippen molar-refractivity contribution in [2.45, 2.75) is 53.5 Å². The molecule has 1 heterocycles. The van der Waals surface area contributed by atoms with Crippen molar-refractivity contribution in [3.8, 4) is 0 Å². The highest BCUT2D eigenvalue weighted by Crippen LogP contribution is 2.35. The normalized spacial score (nSPS) is 11.6. The van der Waals surface area contributed by atoms with Crippen LogP contribution in [0.1, 0.15) is 43.4 Å². The molecule has 0 radical (unpaired) electrons. The zero-order valence-electron chi connectivity index (χ0n) is 13.7. The van der Waals surface area contributed by atoms with Crippen molar-refractivity contribution >= 4 is 21.8 Å². The van der Waals surface area contributed by atoms with E-state index in [1.54, 1.807) is 0 Å². The van der Waals surface area contributed by atoms with E-state index in [0.29, 0.717) is 0 Å². The largest absolute Gasteiger partial charge is 0.341 e. The van der Waals surface area contributed by atoms with Gasteiger partial charge in [-0.1, -0.05) is 31.5 Å². The Kier molecular flexibility index (Phi) is 3.75. The lowest BCUT2D eigenvalue weighted by atomic mass is 9.97. The molecule has 3 rings (SSSR count). The first kappa shape index (κ1) is 14.2.